The average Bonchev–Trinajstić information content (AvgIpc) is 2.46. The number of halogens is 1. The quantitative estimate of drug-likeness (QED) is 0.670. The van der Waals surface area contributed by atoms with E-state index >= 15 is 0 Å². The largest absolute Gasteiger partial charge is 0.312 e. The molecule has 2 rings (SSSR count). The van der Waals surface area contributed by atoms with Crippen LogP contribution in [0.15, 0.2) is 18.2 Å². The summed E-state index contributed by atoms with van der Waals surface area (Å²) < 4.78 is 1.18. The van der Waals surface area contributed by atoms with Crippen LogP contribution in [0.25, 0.3) is 0 Å². The van der Waals surface area contributed by atoms with Crippen LogP contribution < -0.4 is 4.90 Å². The predicted molar refractivity (Wildman–Crippen MR) is 60.9 cm³/mol. The minimum absolute atomic E-state index is 0.140. The molecule has 1 heterocycles. The number of rotatable bonds is 0. The minimum Gasteiger partial charge on any atom is -0.312 e. The van der Waals surface area contributed by atoms with Crippen molar-refractivity contribution in [3.8, 4) is 0 Å². The second-order valence-electron chi connectivity index (χ2n) is 3.19. The molecule has 0 spiro atoms. The number of hydrogen-bond donors (Lipinski definition) is 0. The van der Waals surface area contributed by atoms with Gasteiger partial charge in [-0.15, -0.1) is 0 Å². The molecular formula is C10H10INO. The lowest BCUT2D eigenvalue weighted by Crippen LogP contribution is -2.25. The summed E-state index contributed by atoms with van der Waals surface area (Å²) in [6, 6.07) is 6.27. The number of carbonyl (C=O) groups is 1. The zero-order valence-electron chi connectivity index (χ0n) is 7.38. The van der Waals surface area contributed by atoms with Crippen LogP contribution in [0.1, 0.15) is 12.5 Å². The Bertz CT molecular complexity index is 362. The number of benzene rings is 1. The fourth-order valence-corrected chi connectivity index (χ4v) is 2.15. The summed E-state index contributed by atoms with van der Waals surface area (Å²) in [4.78, 5) is 13.1. The Labute approximate surface area is 91.1 Å². The third-order valence-corrected chi connectivity index (χ3v) is 2.99. The van der Waals surface area contributed by atoms with Gasteiger partial charge in [-0.2, -0.15) is 0 Å². The van der Waals surface area contributed by atoms with E-state index in [1.807, 2.05) is 4.90 Å². The first-order valence-corrected chi connectivity index (χ1v) is 5.33. The Morgan fingerprint density at radius 3 is 3.00 bits per heavy atom. The number of anilines is 1. The first-order chi connectivity index (χ1) is 6.18. The molecule has 2 nitrogen and oxygen atoms in total. The summed E-state index contributed by atoms with van der Waals surface area (Å²) in [6.45, 7) is 2.46. The molecule has 0 fully saturated rings. The summed E-state index contributed by atoms with van der Waals surface area (Å²) in [5.41, 5.74) is 2.38. The standard InChI is InChI=1S/C10H10INO/c1-7(13)12-5-4-8-2-3-9(11)6-10(8)12/h2-3,6H,4-5H2,1H3. The fourth-order valence-electron chi connectivity index (χ4n) is 1.68. The maximum atomic E-state index is 11.2. The zero-order valence-corrected chi connectivity index (χ0v) is 9.54. The first-order valence-electron chi connectivity index (χ1n) is 4.25. The molecule has 0 atom stereocenters. The maximum Gasteiger partial charge on any atom is 0.223 e. The second-order valence-corrected chi connectivity index (χ2v) is 4.44. The Balaban J connectivity index is 2.46. The molecule has 3 heteroatoms. The van der Waals surface area contributed by atoms with Gasteiger partial charge in [-0.05, 0) is 46.7 Å². The van der Waals surface area contributed by atoms with Crippen LogP contribution in [0, 0.1) is 3.57 Å². The van der Waals surface area contributed by atoms with Crippen molar-refractivity contribution >= 4 is 34.2 Å². The highest BCUT2D eigenvalue weighted by atomic mass is 127. The van der Waals surface area contributed by atoms with E-state index in [4.69, 9.17) is 0 Å². The Kier molecular flexibility index (Phi) is 2.27. The van der Waals surface area contributed by atoms with Crippen molar-refractivity contribution in [3.63, 3.8) is 0 Å². The van der Waals surface area contributed by atoms with Gasteiger partial charge in [0.25, 0.3) is 0 Å². The van der Waals surface area contributed by atoms with Crippen LogP contribution in [0.5, 0.6) is 0 Å². The highest BCUT2D eigenvalue weighted by molar-refractivity contribution is 14.1. The summed E-state index contributed by atoms with van der Waals surface area (Å²) in [5, 5.41) is 0. The van der Waals surface area contributed by atoms with Crippen LogP contribution >= 0.6 is 22.6 Å². The highest BCUT2D eigenvalue weighted by Crippen LogP contribution is 2.29. The summed E-state index contributed by atoms with van der Waals surface area (Å²) in [6.07, 6.45) is 0.992. The van der Waals surface area contributed by atoms with E-state index in [0.717, 1.165) is 18.7 Å². The van der Waals surface area contributed by atoms with Crippen molar-refractivity contribution in [1.82, 2.24) is 0 Å². The SMILES string of the molecule is CC(=O)N1CCc2ccc(I)cc21. The van der Waals surface area contributed by atoms with Crippen LogP contribution in [-0.4, -0.2) is 12.5 Å². The van der Waals surface area contributed by atoms with Gasteiger partial charge >= 0.3 is 0 Å². The number of carbonyl (C=O) groups excluding carboxylic acids is 1. The maximum absolute atomic E-state index is 11.2. The molecule has 1 aliphatic heterocycles. The Morgan fingerprint density at radius 2 is 2.31 bits per heavy atom. The van der Waals surface area contributed by atoms with Crippen molar-refractivity contribution in [3.05, 3.63) is 27.3 Å². The molecule has 0 saturated carbocycles. The van der Waals surface area contributed by atoms with Gasteiger partial charge in [0.05, 0.1) is 0 Å². The van der Waals surface area contributed by atoms with Gasteiger partial charge in [0.15, 0.2) is 0 Å². The number of fused-ring (bicyclic) bond motifs is 1. The van der Waals surface area contributed by atoms with Crippen LogP contribution in [0.3, 0.4) is 0 Å². The van der Waals surface area contributed by atoms with Gasteiger partial charge in [-0.3, -0.25) is 4.79 Å². The van der Waals surface area contributed by atoms with E-state index in [1.54, 1.807) is 6.92 Å². The van der Waals surface area contributed by atoms with Gasteiger partial charge in [0.2, 0.25) is 5.91 Å². The lowest BCUT2D eigenvalue weighted by molar-refractivity contribution is -0.116. The van der Waals surface area contributed by atoms with Crippen molar-refractivity contribution in [2.75, 3.05) is 11.4 Å². The molecule has 0 aromatic heterocycles. The molecule has 13 heavy (non-hydrogen) atoms. The van der Waals surface area contributed by atoms with E-state index in [-0.39, 0.29) is 5.91 Å². The predicted octanol–water partition coefficient (Wildman–Crippen LogP) is 2.20. The van der Waals surface area contributed by atoms with E-state index in [9.17, 15) is 4.79 Å². The first kappa shape index (κ1) is 8.99. The summed E-state index contributed by atoms with van der Waals surface area (Å²) in [5.74, 6) is 0.140. The molecular weight excluding hydrogens is 277 g/mol. The van der Waals surface area contributed by atoms with Crippen LogP contribution in [0.4, 0.5) is 5.69 Å². The molecule has 1 aliphatic rings. The van der Waals surface area contributed by atoms with E-state index in [2.05, 4.69) is 40.8 Å². The Morgan fingerprint density at radius 1 is 1.54 bits per heavy atom. The zero-order chi connectivity index (χ0) is 9.42. The van der Waals surface area contributed by atoms with Crippen LogP contribution in [0.2, 0.25) is 0 Å². The number of nitrogens with zero attached hydrogens (tertiary/aromatic N) is 1. The number of hydrogen-bond acceptors (Lipinski definition) is 1. The van der Waals surface area contributed by atoms with Gasteiger partial charge < -0.3 is 4.90 Å². The van der Waals surface area contributed by atoms with Crippen molar-refractivity contribution in [1.29, 1.82) is 0 Å². The molecule has 0 bridgehead atoms. The van der Waals surface area contributed by atoms with Gasteiger partial charge in [-0.1, -0.05) is 6.07 Å². The molecule has 1 aromatic carbocycles. The van der Waals surface area contributed by atoms with Crippen LogP contribution in [-0.2, 0) is 11.2 Å². The highest BCUT2D eigenvalue weighted by Gasteiger charge is 2.21. The van der Waals surface area contributed by atoms with E-state index in [1.165, 1.54) is 9.13 Å². The van der Waals surface area contributed by atoms with Gasteiger partial charge in [-0.25, -0.2) is 0 Å². The third-order valence-electron chi connectivity index (χ3n) is 2.32. The fraction of sp³-hybridized carbons (Fsp3) is 0.300. The second kappa shape index (κ2) is 3.29. The number of amides is 1. The molecule has 0 unspecified atom stereocenters. The molecule has 1 amide bonds. The Hall–Kier alpha value is -0.580. The molecule has 0 aliphatic carbocycles. The summed E-state index contributed by atoms with van der Waals surface area (Å²) >= 11 is 2.27. The van der Waals surface area contributed by atoms with Gasteiger partial charge in [0.1, 0.15) is 0 Å². The third kappa shape index (κ3) is 1.57. The van der Waals surface area contributed by atoms with Gasteiger partial charge in [0, 0.05) is 22.7 Å². The van der Waals surface area contributed by atoms with Crippen molar-refractivity contribution in [2.24, 2.45) is 0 Å². The molecule has 68 valence electrons. The van der Waals surface area contributed by atoms with Crippen molar-refractivity contribution in [2.45, 2.75) is 13.3 Å². The molecule has 0 saturated heterocycles. The average molecular weight is 287 g/mol. The van der Waals surface area contributed by atoms with Crippen molar-refractivity contribution < 1.29 is 4.79 Å². The molecule has 0 radical (unpaired) electrons. The monoisotopic (exact) mass is 287 g/mol. The van der Waals surface area contributed by atoms with E-state index in [0.29, 0.717) is 0 Å². The topological polar surface area (TPSA) is 20.3 Å². The lowest BCUT2D eigenvalue weighted by atomic mass is 10.2. The molecule has 1 aromatic rings. The van der Waals surface area contributed by atoms with E-state index < -0.39 is 0 Å². The molecule has 0 N–H and O–H groups in total. The smallest absolute Gasteiger partial charge is 0.223 e. The summed E-state index contributed by atoms with van der Waals surface area (Å²) in [7, 11) is 0. The lowest BCUT2D eigenvalue weighted by Gasteiger charge is -2.14. The minimum atomic E-state index is 0.140. The normalized spacial score (nSPS) is 14.5.